The van der Waals surface area contributed by atoms with Gasteiger partial charge in [-0.3, -0.25) is 0 Å². The van der Waals surface area contributed by atoms with Gasteiger partial charge in [0.1, 0.15) is 5.75 Å². The van der Waals surface area contributed by atoms with Crippen LogP contribution in [0.15, 0.2) is 119 Å². The zero-order valence-electron chi connectivity index (χ0n) is 23.7. The maximum atomic E-state index is 5.88. The Morgan fingerprint density at radius 2 is 1.52 bits per heavy atom. The third-order valence-corrected chi connectivity index (χ3v) is 7.64. The minimum Gasteiger partial charge on any atom is -0.494 e. The van der Waals surface area contributed by atoms with E-state index in [0.717, 1.165) is 76.4 Å². The van der Waals surface area contributed by atoms with Crippen LogP contribution < -0.4 is 15.0 Å². The van der Waals surface area contributed by atoms with Gasteiger partial charge in [0.2, 0.25) is 0 Å². The van der Waals surface area contributed by atoms with E-state index in [9.17, 15) is 0 Å². The molecule has 208 valence electrons. The van der Waals surface area contributed by atoms with Gasteiger partial charge in [0.25, 0.3) is 0 Å². The summed E-state index contributed by atoms with van der Waals surface area (Å²) in [6.07, 6.45) is 2.14. The molecular formula is C35H32N6O. The molecule has 0 saturated heterocycles. The first-order chi connectivity index (χ1) is 20.7. The molecule has 3 heterocycles. The van der Waals surface area contributed by atoms with Gasteiger partial charge in [-0.25, -0.2) is 14.7 Å². The largest absolute Gasteiger partial charge is 0.494 e. The molecule has 42 heavy (non-hydrogen) atoms. The van der Waals surface area contributed by atoms with Crippen molar-refractivity contribution >= 4 is 34.6 Å². The minimum atomic E-state index is -0.144. The first-order valence-corrected chi connectivity index (χ1v) is 14.5. The van der Waals surface area contributed by atoms with Gasteiger partial charge in [-0.2, -0.15) is 5.10 Å². The lowest BCUT2D eigenvalue weighted by molar-refractivity contribution is 0.309. The number of fused-ring (bicyclic) bond motifs is 4. The molecule has 1 atom stereocenters. The van der Waals surface area contributed by atoms with Crippen molar-refractivity contribution in [2.24, 2.45) is 9.98 Å². The first-order valence-electron chi connectivity index (χ1n) is 14.5. The number of nitrogens with zero attached hydrogens (tertiary/aromatic N) is 5. The number of benzene rings is 4. The Kier molecular flexibility index (Phi) is 6.76. The highest BCUT2D eigenvalue weighted by Crippen LogP contribution is 2.48. The molecule has 0 saturated carbocycles. The van der Waals surface area contributed by atoms with Gasteiger partial charge in [0.05, 0.1) is 35.4 Å². The Hall–Kier alpha value is -5.17. The van der Waals surface area contributed by atoms with Crippen LogP contribution in [0.4, 0.5) is 22.9 Å². The number of nitrogens with one attached hydrogen (secondary N) is 1. The van der Waals surface area contributed by atoms with E-state index in [1.165, 1.54) is 0 Å². The summed E-state index contributed by atoms with van der Waals surface area (Å²) in [4.78, 5) is 12.7. The number of aryl methyl sites for hydroxylation is 1. The average molecular weight is 553 g/mol. The number of hydrogen-bond donors (Lipinski definition) is 1. The van der Waals surface area contributed by atoms with Crippen LogP contribution in [0.1, 0.15) is 42.6 Å². The number of aromatic nitrogens is 2. The number of amidine groups is 2. The van der Waals surface area contributed by atoms with Crippen LogP contribution >= 0.6 is 0 Å². The van der Waals surface area contributed by atoms with E-state index in [2.05, 4.69) is 84.7 Å². The summed E-state index contributed by atoms with van der Waals surface area (Å²) < 4.78 is 7.83. The molecule has 0 fully saturated rings. The standard InChI is InChI=1S/C35H32N6O/c1-3-4-23-42-28-21-19-26(20-22-28)36-33-35-38-34-31(24(2)39-41(34)27-15-9-6-10-16-27)32(25-13-7-5-8-14-25)40(35)30-18-12-11-17-29(30)37-33/h5-22,32H,3-4,23H2,1-2H3,(H,36,37)/t32-/m1/s1. The molecule has 0 unspecified atom stereocenters. The summed E-state index contributed by atoms with van der Waals surface area (Å²) in [5.41, 5.74) is 6.95. The van der Waals surface area contributed by atoms with Crippen LogP contribution in [-0.4, -0.2) is 28.1 Å². The van der Waals surface area contributed by atoms with Gasteiger partial charge in [-0.05, 0) is 67.4 Å². The Balaban J connectivity index is 1.38. The molecule has 2 aliphatic heterocycles. The number of ether oxygens (including phenoxy) is 1. The quantitative estimate of drug-likeness (QED) is 0.207. The number of unbranched alkanes of at least 4 members (excludes halogenated alkanes) is 1. The van der Waals surface area contributed by atoms with E-state index < -0.39 is 0 Å². The Morgan fingerprint density at radius 3 is 2.29 bits per heavy atom. The van der Waals surface area contributed by atoms with Crippen molar-refractivity contribution in [1.82, 2.24) is 9.78 Å². The molecule has 7 heteroatoms. The van der Waals surface area contributed by atoms with E-state index in [1.54, 1.807) is 0 Å². The molecule has 2 aliphatic rings. The summed E-state index contributed by atoms with van der Waals surface area (Å²) in [5.74, 6) is 3.10. The predicted octanol–water partition coefficient (Wildman–Crippen LogP) is 8.15. The molecule has 1 aromatic heterocycles. The fraction of sp³-hybridized carbons (Fsp3) is 0.171. The number of anilines is 2. The average Bonchev–Trinajstić information content (AvgIpc) is 3.37. The van der Waals surface area contributed by atoms with Crippen LogP contribution in [0.3, 0.4) is 0 Å². The van der Waals surface area contributed by atoms with Gasteiger partial charge >= 0.3 is 0 Å². The molecule has 7 nitrogen and oxygen atoms in total. The molecule has 5 aromatic rings. The molecule has 1 N–H and O–H groups in total. The first kappa shape index (κ1) is 25.8. The third-order valence-electron chi connectivity index (χ3n) is 7.64. The van der Waals surface area contributed by atoms with Gasteiger partial charge in [0, 0.05) is 11.3 Å². The summed E-state index contributed by atoms with van der Waals surface area (Å²) in [5, 5.41) is 8.59. The monoisotopic (exact) mass is 552 g/mol. The summed E-state index contributed by atoms with van der Waals surface area (Å²) >= 11 is 0. The van der Waals surface area contributed by atoms with Crippen molar-refractivity contribution in [2.45, 2.75) is 32.7 Å². The topological polar surface area (TPSA) is 67.0 Å². The van der Waals surface area contributed by atoms with Crippen molar-refractivity contribution in [1.29, 1.82) is 0 Å². The van der Waals surface area contributed by atoms with Crippen molar-refractivity contribution < 1.29 is 4.74 Å². The Labute approximate surface area is 245 Å². The van der Waals surface area contributed by atoms with Gasteiger partial charge in [0.15, 0.2) is 17.5 Å². The lowest BCUT2D eigenvalue weighted by Crippen LogP contribution is -2.46. The second kappa shape index (κ2) is 11.0. The third kappa shape index (κ3) is 4.63. The summed E-state index contributed by atoms with van der Waals surface area (Å²) in [6.45, 7) is 4.95. The highest BCUT2D eigenvalue weighted by molar-refractivity contribution is 6.51. The highest BCUT2D eigenvalue weighted by Gasteiger charge is 2.41. The van der Waals surface area contributed by atoms with Crippen molar-refractivity contribution in [3.05, 3.63) is 126 Å². The van der Waals surface area contributed by atoms with Crippen LogP contribution in [0, 0.1) is 6.92 Å². The normalized spacial score (nSPS) is 15.2. The second-order valence-corrected chi connectivity index (χ2v) is 10.5. The van der Waals surface area contributed by atoms with Crippen molar-refractivity contribution in [2.75, 3.05) is 16.8 Å². The van der Waals surface area contributed by atoms with E-state index in [4.69, 9.17) is 19.8 Å². The van der Waals surface area contributed by atoms with E-state index in [-0.39, 0.29) is 6.04 Å². The van der Waals surface area contributed by atoms with Crippen LogP contribution in [0.5, 0.6) is 5.75 Å². The summed E-state index contributed by atoms with van der Waals surface area (Å²) in [7, 11) is 0. The maximum Gasteiger partial charge on any atom is 0.179 e. The molecule has 7 rings (SSSR count). The highest BCUT2D eigenvalue weighted by atomic mass is 16.5. The zero-order chi connectivity index (χ0) is 28.5. The zero-order valence-corrected chi connectivity index (χ0v) is 23.7. The molecular weight excluding hydrogens is 520 g/mol. The number of para-hydroxylation sites is 3. The number of aliphatic imine (C=N–C) groups is 2. The number of rotatable bonds is 7. The molecule has 0 bridgehead atoms. The van der Waals surface area contributed by atoms with E-state index in [0.29, 0.717) is 5.84 Å². The fourth-order valence-corrected chi connectivity index (χ4v) is 5.60. The molecule has 4 aromatic carbocycles. The van der Waals surface area contributed by atoms with Crippen LogP contribution in [-0.2, 0) is 0 Å². The Bertz CT molecular complexity index is 1770. The van der Waals surface area contributed by atoms with E-state index in [1.807, 2.05) is 53.2 Å². The summed E-state index contributed by atoms with van der Waals surface area (Å²) in [6, 6.07) is 36.9. The molecule has 0 spiro atoms. The lowest BCUT2D eigenvalue weighted by atomic mass is 9.93. The molecule has 0 amide bonds. The van der Waals surface area contributed by atoms with Gasteiger partial charge in [-0.15, -0.1) is 0 Å². The predicted molar refractivity (Wildman–Crippen MR) is 170 cm³/mol. The minimum absolute atomic E-state index is 0.144. The SMILES string of the molecule is CCCCOc1ccc(NC2=Nc3ccccc3N3C2=Nc2c(c(C)nn2-c2ccccc2)[C@H]3c2ccccc2)cc1. The van der Waals surface area contributed by atoms with Gasteiger partial charge < -0.3 is 15.0 Å². The molecule has 0 radical (unpaired) electrons. The van der Waals surface area contributed by atoms with Crippen LogP contribution in [0.25, 0.3) is 5.69 Å². The van der Waals surface area contributed by atoms with Crippen molar-refractivity contribution in [3.63, 3.8) is 0 Å². The maximum absolute atomic E-state index is 5.88. The smallest absolute Gasteiger partial charge is 0.179 e. The fourth-order valence-electron chi connectivity index (χ4n) is 5.60. The van der Waals surface area contributed by atoms with Crippen molar-refractivity contribution in [3.8, 4) is 11.4 Å². The number of hydrogen-bond acceptors (Lipinski definition) is 6. The Morgan fingerprint density at radius 1 is 0.810 bits per heavy atom. The second-order valence-electron chi connectivity index (χ2n) is 10.5. The lowest BCUT2D eigenvalue weighted by Gasteiger charge is -2.40. The van der Waals surface area contributed by atoms with Crippen LogP contribution in [0.2, 0.25) is 0 Å². The molecule has 0 aliphatic carbocycles. The van der Waals surface area contributed by atoms with Gasteiger partial charge in [-0.1, -0.05) is 74.0 Å². The van der Waals surface area contributed by atoms with E-state index >= 15 is 0 Å².